The van der Waals surface area contributed by atoms with Crippen LogP contribution in [0, 0.1) is 13.8 Å². The number of hydrogen-bond donors (Lipinski definition) is 1. The lowest BCUT2D eigenvalue weighted by molar-refractivity contribution is 0.0529. The van der Waals surface area contributed by atoms with Crippen LogP contribution in [0.4, 0.5) is 5.00 Å². The number of ether oxygens (including phenoxy) is 1. The molecule has 0 aliphatic carbocycles. The summed E-state index contributed by atoms with van der Waals surface area (Å²) < 4.78 is 7.14. The highest BCUT2D eigenvalue weighted by atomic mass is 35.5. The first-order valence-electron chi connectivity index (χ1n) is 9.70. The van der Waals surface area contributed by atoms with Crippen molar-refractivity contribution in [1.29, 1.82) is 0 Å². The summed E-state index contributed by atoms with van der Waals surface area (Å²) >= 11 is 7.36. The molecule has 0 saturated carbocycles. The third-order valence-corrected chi connectivity index (χ3v) is 6.04. The number of pyridine rings is 1. The topological polar surface area (TPSA) is 72.7 Å². The van der Waals surface area contributed by atoms with Crippen molar-refractivity contribution >= 4 is 45.5 Å². The van der Waals surface area contributed by atoms with Gasteiger partial charge in [-0.25, -0.2) is 9.78 Å². The van der Waals surface area contributed by atoms with Crippen LogP contribution < -0.4 is 5.32 Å². The normalized spacial score (nSPS) is 11.0. The molecule has 158 valence electrons. The summed E-state index contributed by atoms with van der Waals surface area (Å²) in [6.45, 7) is 5.79. The Kier molecular flexibility index (Phi) is 5.80. The van der Waals surface area contributed by atoms with Crippen LogP contribution in [0.15, 0.2) is 48.8 Å². The maximum Gasteiger partial charge on any atom is 0.341 e. The molecule has 0 aliphatic heterocycles. The number of thiophene rings is 1. The molecule has 1 amide bonds. The van der Waals surface area contributed by atoms with Gasteiger partial charge in [-0.3, -0.25) is 4.79 Å². The standard InChI is InChI=1S/C23H20ClN3O3S/c1-4-30-23(29)20-19(15-5-7-17(24)8-6-15)14(3)31-22(20)26-21(28)16-9-10-27-12-13(2)25-18(27)11-16/h5-12H,4H2,1-3H3,(H,26,28). The van der Waals surface area contributed by atoms with E-state index >= 15 is 0 Å². The van der Waals surface area contributed by atoms with Gasteiger partial charge in [-0.2, -0.15) is 0 Å². The lowest BCUT2D eigenvalue weighted by atomic mass is 10.0. The Balaban J connectivity index is 1.74. The number of benzene rings is 1. The van der Waals surface area contributed by atoms with Crippen LogP contribution in [0.3, 0.4) is 0 Å². The number of anilines is 1. The number of esters is 1. The Hall–Kier alpha value is -3.16. The zero-order valence-electron chi connectivity index (χ0n) is 17.2. The minimum atomic E-state index is -0.480. The number of carbonyl (C=O) groups is 2. The number of nitrogens with zero attached hydrogens (tertiary/aromatic N) is 2. The van der Waals surface area contributed by atoms with E-state index in [1.54, 1.807) is 37.4 Å². The molecule has 0 saturated heterocycles. The van der Waals surface area contributed by atoms with Gasteiger partial charge in [0.05, 0.1) is 12.3 Å². The summed E-state index contributed by atoms with van der Waals surface area (Å²) in [7, 11) is 0. The second-order valence-electron chi connectivity index (χ2n) is 6.98. The molecule has 0 fully saturated rings. The number of nitrogens with one attached hydrogen (secondary N) is 1. The number of imidazole rings is 1. The molecule has 3 aromatic heterocycles. The van der Waals surface area contributed by atoms with E-state index in [1.807, 2.05) is 36.6 Å². The molecule has 1 N–H and O–H groups in total. The number of aryl methyl sites for hydroxylation is 2. The number of rotatable bonds is 5. The van der Waals surface area contributed by atoms with E-state index in [-0.39, 0.29) is 12.5 Å². The van der Waals surface area contributed by atoms with Gasteiger partial charge in [0, 0.05) is 33.4 Å². The van der Waals surface area contributed by atoms with Crippen molar-refractivity contribution in [3.05, 3.63) is 75.5 Å². The summed E-state index contributed by atoms with van der Waals surface area (Å²) in [5, 5.41) is 3.95. The molecular formula is C23H20ClN3O3S. The first kappa shape index (κ1) is 21.1. The van der Waals surface area contributed by atoms with Crippen LogP contribution >= 0.6 is 22.9 Å². The molecule has 0 aliphatic rings. The molecule has 0 radical (unpaired) electrons. The second kappa shape index (κ2) is 8.53. The van der Waals surface area contributed by atoms with E-state index in [4.69, 9.17) is 16.3 Å². The molecule has 1 aromatic carbocycles. The highest BCUT2D eigenvalue weighted by Crippen LogP contribution is 2.41. The summed E-state index contributed by atoms with van der Waals surface area (Å²) in [5.41, 5.74) is 3.90. The van der Waals surface area contributed by atoms with Crippen molar-refractivity contribution in [2.45, 2.75) is 20.8 Å². The molecular weight excluding hydrogens is 434 g/mol. The van der Waals surface area contributed by atoms with Crippen molar-refractivity contribution < 1.29 is 14.3 Å². The zero-order valence-corrected chi connectivity index (χ0v) is 18.8. The molecule has 6 nitrogen and oxygen atoms in total. The predicted octanol–water partition coefficient (Wildman–Crippen LogP) is 5.76. The Morgan fingerprint density at radius 1 is 1.19 bits per heavy atom. The molecule has 4 rings (SSSR count). The zero-order chi connectivity index (χ0) is 22.1. The van der Waals surface area contributed by atoms with Crippen molar-refractivity contribution in [2.75, 3.05) is 11.9 Å². The minimum Gasteiger partial charge on any atom is -0.462 e. The van der Waals surface area contributed by atoms with Gasteiger partial charge in [0.25, 0.3) is 5.91 Å². The van der Waals surface area contributed by atoms with Gasteiger partial charge in [0.2, 0.25) is 0 Å². The maximum absolute atomic E-state index is 13.0. The van der Waals surface area contributed by atoms with Crippen molar-refractivity contribution in [2.24, 2.45) is 0 Å². The quantitative estimate of drug-likeness (QED) is 0.390. The first-order chi connectivity index (χ1) is 14.9. The predicted molar refractivity (Wildman–Crippen MR) is 123 cm³/mol. The van der Waals surface area contributed by atoms with Gasteiger partial charge in [-0.15, -0.1) is 11.3 Å². The first-order valence-corrected chi connectivity index (χ1v) is 10.9. The summed E-state index contributed by atoms with van der Waals surface area (Å²) in [6.07, 6.45) is 3.67. The summed E-state index contributed by atoms with van der Waals surface area (Å²) in [6, 6.07) is 10.7. The smallest absolute Gasteiger partial charge is 0.341 e. The highest BCUT2D eigenvalue weighted by Gasteiger charge is 2.26. The number of hydrogen-bond acceptors (Lipinski definition) is 5. The van der Waals surface area contributed by atoms with Crippen LogP contribution in [0.25, 0.3) is 16.8 Å². The molecule has 4 aromatic rings. The highest BCUT2D eigenvalue weighted by molar-refractivity contribution is 7.17. The third-order valence-electron chi connectivity index (χ3n) is 4.77. The van der Waals surface area contributed by atoms with E-state index in [1.165, 1.54) is 11.3 Å². The number of halogens is 1. The fourth-order valence-corrected chi connectivity index (χ4v) is 4.61. The van der Waals surface area contributed by atoms with Gasteiger partial charge < -0.3 is 14.5 Å². The Labute approximate surface area is 188 Å². The Morgan fingerprint density at radius 2 is 1.94 bits per heavy atom. The van der Waals surface area contributed by atoms with Gasteiger partial charge >= 0.3 is 5.97 Å². The minimum absolute atomic E-state index is 0.233. The van der Waals surface area contributed by atoms with Gasteiger partial charge in [-0.1, -0.05) is 23.7 Å². The van der Waals surface area contributed by atoms with Crippen LogP contribution in [0.1, 0.15) is 38.2 Å². The number of aromatic nitrogens is 2. The third kappa shape index (κ3) is 4.19. The van der Waals surface area contributed by atoms with E-state index in [9.17, 15) is 9.59 Å². The molecule has 0 bridgehead atoms. The largest absolute Gasteiger partial charge is 0.462 e. The molecule has 0 atom stereocenters. The van der Waals surface area contributed by atoms with Crippen LogP contribution in [-0.2, 0) is 4.74 Å². The molecule has 8 heteroatoms. The van der Waals surface area contributed by atoms with E-state index in [0.29, 0.717) is 26.8 Å². The van der Waals surface area contributed by atoms with Crippen molar-refractivity contribution in [3.63, 3.8) is 0 Å². The molecule has 31 heavy (non-hydrogen) atoms. The lowest BCUT2D eigenvalue weighted by Gasteiger charge is -2.09. The van der Waals surface area contributed by atoms with Crippen LogP contribution in [0.2, 0.25) is 5.02 Å². The van der Waals surface area contributed by atoms with E-state index in [0.717, 1.165) is 21.7 Å². The van der Waals surface area contributed by atoms with Crippen LogP contribution in [-0.4, -0.2) is 27.9 Å². The van der Waals surface area contributed by atoms with Crippen molar-refractivity contribution in [3.8, 4) is 11.1 Å². The van der Waals surface area contributed by atoms with E-state index in [2.05, 4.69) is 10.3 Å². The Morgan fingerprint density at radius 3 is 2.65 bits per heavy atom. The lowest BCUT2D eigenvalue weighted by Crippen LogP contribution is -2.15. The number of carbonyl (C=O) groups excluding carboxylic acids is 2. The monoisotopic (exact) mass is 453 g/mol. The fraction of sp³-hybridized carbons (Fsp3) is 0.174. The van der Waals surface area contributed by atoms with Gasteiger partial charge in [0.15, 0.2) is 0 Å². The molecule has 0 unspecified atom stereocenters. The molecule has 0 spiro atoms. The Bertz CT molecular complexity index is 1290. The SMILES string of the molecule is CCOC(=O)c1c(NC(=O)c2ccn3cc(C)nc3c2)sc(C)c1-c1ccc(Cl)cc1. The van der Waals surface area contributed by atoms with E-state index < -0.39 is 5.97 Å². The fourth-order valence-electron chi connectivity index (χ4n) is 3.42. The second-order valence-corrected chi connectivity index (χ2v) is 8.64. The maximum atomic E-state index is 13.0. The summed E-state index contributed by atoms with van der Waals surface area (Å²) in [5.74, 6) is -0.802. The van der Waals surface area contributed by atoms with Crippen LogP contribution in [0.5, 0.6) is 0 Å². The summed E-state index contributed by atoms with van der Waals surface area (Å²) in [4.78, 5) is 31.1. The van der Waals surface area contributed by atoms with Gasteiger partial charge in [0.1, 0.15) is 16.2 Å². The average Bonchev–Trinajstić information content (AvgIpc) is 3.26. The number of fused-ring (bicyclic) bond motifs is 1. The van der Waals surface area contributed by atoms with Crippen molar-refractivity contribution in [1.82, 2.24) is 9.38 Å². The number of amides is 1. The average molecular weight is 454 g/mol. The van der Waals surface area contributed by atoms with Gasteiger partial charge in [-0.05, 0) is 50.6 Å². The molecule has 3 heterocycles.